The number of rotatable bonds is 7. The Hall–Kier alpha value is -2.63. The Morgan fingerprint density at radius 1 is 1.16 bits per heavy atom. The lowest BCUT2D eigenvalue weighted by atomic mass is 10.2. The highest BCUT2D eigenvalue weighted by Gasteiger charge is 2.12. The van der Waals surface area contributed by atoms with Gasteiger partial charge in [0.05, 0.1) is 6.10 Å². The van der Waals surface area contributed by atoms with Crippen LogP contribution in [0.1, 0.15) is 50.4 Å². The molecule has 0 saturated heterocycles. The summed E-state index contributed by atoms with van der Waals surface area (Å²) < 4.78 is 5.60. The minimum absolute atomic E-state index is 0.112. The van der Waals surface area contributed by atoms with Gasteiger partial charge in [-0.2, -0.15) is 0 Å². The van der Waals surface area contributed by atoms with Crippen LogP contribution in [0.3, 0.4) is 0 Å². The van der Waals surface area contributed by atoms with Crippen molar-refractivity contribution >= 4 is 17.4 Å². The van der Waals surface area contributed by atoms with Gasteiger partial charge in [-0.3, -0.25) is 4.79 Å². The number of carbonyl (C=O) groups is 1. The third kappa shape index (κ3) is 5.74. The molecule has 0 aliphatic rings. The molecule has 0 spiro atoms. The highest BCUT2D eigenvalue weighted by atomic mass is 16.5. The molecule has 0 saturated carbocycles. The molecule has 2 aromatic rings. The van der Waals surface area contributed by atoms with Crippen LogP contribution < -0.4 is 15.4 Å². The number of aromatic nitrogens is 2. The summed E-state index contributed by atoms with van der Waals surface area (Å²) in [5, 5.41) is 6.12. The van der Waals surface area contributed by atoms with Crippen molar-refractivity contribution in [2.75, 3.05) is 10.6 Å². The fraction of sp³-hybridized carbons (Fsp3) is 0.421. The third-order valence-electron chi connectivity index (χ3n) is 3.56. The van der Waals surface area contributed by atoms with E-state index in [1.165, 1.54) is 0 Å². The zero-order chi connectivity index (χ0) is 18.4. The normalized spacial score (nSPS) is 11.9. The van der Waals surface area contributed by atoms with Gasteiger partial charge in [0.15, 0.2) is 0 Å². The number of hydrogen-bond donors (Lipinski definition) is 2. The second-order valence-corrected chi connectivity index (χ2v) is 6.28. The van der Waals surface area contributed by atoms with Crippen molar-refractivity contribution in [3.05, 3.63) is 41.9 Å². The van der Waals surface area contributed by atoms with E-state index in [0.717, 1.165) is 12.2 Å². The van der Waals surface area contributed by atoms with Gasteiger partial charge in [-0.15, -0.1) is 0 Å². The summed E-state index contributed by atoms with van der Waals surface area (Å²) in [6, 6.07) is 9.22. The fourth-order valence-corrected chi connectivity index (χ4v) is 2.20. The van der Waals surface area contributed by atoms with E-state index in [4.69, 9.17) is 4.74 Å². The second kappa shape index (κ2) is 8.46. The molecule has 2 N–H and O–H groups in total. The van der Waals surface area contributed by atoms with E-state index in [1.54, 1.807) is 13.0 Å². The number of ether oxygens (including phenoxy) is 1. The van der Waals surface area contributed by atoms with E-state index in [0.29, 0.717) is 23.0 Å². The van der Waals surface area contributed by atoms with Crippen LogP contribution in [0.15, 0.2) is 30.3 Å². The van der Waals surface area contributed by atoms with Crippen LogP contribution in [-0.2, 0) is 0 Å². The van der Waals surface area contributed by atoms with Crippen LogP contribution in [0.2, 0.25) is 0 Å². The fourth-order valence-electron chi connectivity index (χ4n) is 2.20. The summed E-state index contributed by atoms with van der Waals surface area (Å²) in [7, 11) is 0. The van der Waals surface area contributed by atoms with Crippen molar-refractivity contribution in [2.24, 2.45) is 0 Å². The zero-order valence-electron chi connectivity index (χ0n) is 15.5. The summed E-state index contributed by atoms with van der Waals surface area (Å²) in [5.74, 6) is 1.72. The molecule has 1 aromatic carbocycles. The number of amides is 1. The number of hydrogen-bond acceptors (Lipinski definition) is 5. The summed E-state index contributed by atoms with van der Waals surface area (Å²) >= 11 is 0. The molecule has 134 valence electrons. The van der Waals surface area contributed by atoms with Crippen molar-refractivity contribution in [3.63, 3.8) is 0 Å². The van der Waals surface area contributed by atoms with Crippen molar-refractivity contribution in [2.45, 2.75) is 53.2 Å². The van der Waals surface area contributed by atoms with E-state index in [-0.39, 0.29) is 18.1 Å². The lowest BCUT2D eigenvalue weighted by Crippen LogP contribution is -2.18. The summed E-state index contributed by atoms with van der Waals surface area (Å²) in [5.41, 5.74) is 1.02. The molecule has 6 heteroatoms. The molecule has 0 aliphatic carbocycles. The number of aryl methyl sites for hydroxylation is 1. The molecule has 1 aromatic heterocycles. The Morgan fingerprint density at radius 3 is 2.44 bits per heavy atom. The third-order valence-corrected chi connectivity index (χ3v) is 3.56. The van der Waals surface area contributed by atoms with Gasteiger partial charge in [0.1, 0.15) is 23.1 Å². The predicted molar refractivity (Wildman–Crippen MR) is 100 cm³/mol. The Balaban J connectivity index is 2.09. The summed E-state index contributed by atoms with van der Waals surface area (Å²) in [6.45, 7) is 9.87. The van der Waals surface area contributed by atoms with E-state index in [9.17, 15) is 4.79 Å². The van der Waals surface area contributed by atoms with Gasteiger partial charge in [-0.1, -0.05) is 6.92 Å². The topological polar surface area (TPSA) is 76.1 Å². The summed E-state index contributed by atoms with van der Waals surface area (Å²) in [4.78, 5) is 21.0. The van der Waals surface area contributed by atoms with Gasteiger partial charge in [0.25, 0.3) is 5.91 Å². The van der Waals surface area contributed by atoms with Gasteiger partial charge < -0.3 is 15.4 Å². The standard InChI is InChI=1S/C19H26N4O2/c1-6-13(4)20-18-11-17(21-14(5)22-18)19(24)23-15-7-9-16(10-8-15)25-12(2)3/h7-13H,6H2,1-5H3,(H,23,24)(H,20,21,22). The van der Waals surface area contributed by atoms with Crippen LogP contribution in [0.5, 0.6) is 5.75 Å². The Morgan fingerprint density at radius 2 is 1.84 bits per heavy atom. The zero-order valence-corrected chi connectivity index (χ0v) is 15.5. The van der Waals surface area contributed by atoms with Gasteiger partial charge >= 0.3 is 0 Å². The van der Waals surface area contributed by atoms with Crippen molar-refractivity contribution < 1.29 is 9.53 Å². The summed E-state index contributed by atoms with van der Waals surface area (Å²) in [6.07, 6.45) is 1.08. The van der Waals surface area contributed by atoms with E-state index in [2.05, 4.69) is 34.4 Å². The first-order valence-electron chi connectivity index (χ1n) is 8.57. The molecular formula is C19H26N4O2. The van der Waals surface area contributed by atoms with E-state index >= 15 is 0 Å². The van der Waals surface area contributed by atoms with Gasteiger partial charge in [0.2, 0.25) is 0 Å². The van der Waals surface area contributed by atoms with Crippen molar-refractivity contribution in [1.29, 1.82) is 0 Å². The smallest absolute Gasteiger partial charge is 0.274 e. The molecule has 1 amide bonds. The lowest BCUT2D eigenvalue weighted by Gasteiger charge is -2.13. The monoisotopic (exact) mass is 342 g/mol. The number of benzene rings is 1. The molecular weight excluding hydrogens is 316 g/mol. The average molecular weight is 342 g/mol. The quantitative estimate of drug-likeness (QED) is 0.794. The van der Waals surface area contributed by atoms with Crippen LogP contribution >= 0.6 is 0 Å². The average Bonchev–Trinajstić information content (AvgIpc) is 2.55. The Kier molecular flexibility index (Phi) is 6.33. The molecule has 1 heterocycles. The molecule has 0 bridgehead atoms. The van der Waals surface area contributed by atoms with Crippen molar-refractivity contribution in [1.82, 2.24) is 9.97 Å². The molecule has 1 atom stereocenters. The maximum Gasteiger partial charge on any atom is 0.274 e. The molecule has 0 fully saturated rings. The Labute approximate surface area is 149 Å². The minimum Gasteiger partial charge on any atom is -0.491 e. The van der Waals surface area contributed by atoms with E-state index < -0.39 is 0 Å². The highest BCUT2D eigenvalue weighted by Crippen LogP contribution is 2.18. The number of carbonyl (C=O) groups excluding carboxylic acids is 1. The van der Waals surface area contributed by atoms with Gasteiger partial charge in [-0.25, -0.2) is 9.97 Å². The highest BCUT2D eigenvalue weighted by molar-refractivity contribution is 6.03. The first-order valence-corrected chi connectivity index (χ1v) is 8.57. The number of anilines is 2. The minimum atomic E-state index is -0.268. The maximum atomic E-state index is 12.5. The van der Waals surface area contributed by atoms with E-state index in [1.807, 2.05) is 38.1 Å². The lowest BCUT2D eigenvalue weighted by molar-refractivity contribution is 0.102. The first-order chi connectivity index (χ1) is 11.9. The number of nitrogens with zero attached hydrogens (tertiary/aromatic N) is 2. The molecule has 2 rings (SSSR count). The van der Waals surface area contributed by atoms with Crippen LogP contribution in [0.25, 0.3) is 0 Å². The second-order valence-electron chi connectivity index (χ2n) is 6.28. The SMILES string of the molecule is CCC(C)Nc1cc(C(=O)Nc2ccc(OC(C)C)cc2)nc(C)n1. The maximum absolute atomic E-state index is 12.5. The molecule has 0 radical (unpaired) electrons. The van der Waals surface area contributed by atoms with Gasteiger partial charge in [-0.05, 0) is 58.4 Å². The molecule has 6 nitrogen and oxygen atoms in total. The first kappa shape index (κ1) is 18.7. The number of nitrogens with one attached hydrogen (secondary N) is 2. The largest absolute Gasteiger partial charge is 0.491 e. The van der Waals surface area contributed by atoms with Crippen molar-refractivity contribution in [3.8, 4) is 5.75 Å². The van der Waals surface area contributed by atoms with Crippen LogP contribution in [0, 0.1) is 6.92 Å². The van der Waals surface area contributed by atoms with Crippen LogP contribution in [0.4, 0.5) is 11.5 Å². The Bertz CT molecular complexity index is 714. The van der Waals surface area contributed by atoms with Crippen LogP contribution in [-0.4, -0.2) is 28.0 Å². The molecule has 0 aliphatic heterocycles. The predicted octanol–water partition coefficient (Wildman–Crippen LogP) is 4.03. The molecule has 25 heavy (non-hydrogen) atoms. The molecule has 1 unspecified atom stereocenters. The van der Waals surface area contributed by atoms with Gasteiger partial charge in [0, 0.05) is 17.8 Å².